The minimum Gasteiger partial charge on any atom is -0.364 e. The van der Waals surface area contributed by atoms with Crippen LogP contribution >= 0.6 is 0 Å². The first kappa shape index (κ1) is 14.7. The van der Waals surface area contributed by atoms with Gasteiger partial charge in [-0.05, 0) is 18.9 Å². The third kappa shape index (κ3) is 3.90. The predicted octanol–water partition coefficient (Wildman–Crippen LogP) is 3.37. The first-order valence-electron chi connectivity index (χ1n) is 7.75. The third-order valence-corrected chi connectivity index (χ3v) is 3.92. The number of benzene rings is 1. The molecule has 1 fully saturated rings. The number of halogens is 1. The van der Waals surface area contributed by atoms with E-state index >= 15 is 0 Å². The lowest BCUT2D eigenvalue weighted by molar-refractivity contribution is 0.460. The average molecular weight is 301 g/mol. The fourth-order valence-electron chi connectivity index (χ4n) is 2.71. The van der Waals surface area contributed by atoms with Crippen LogP contribution < -0.4 is 10.6 Å². The number of hydrogen-bond acceptors (Lipinski definition) is 5. The second kappa shape index (κ2) is 7.15. The summed E-state index contributed by atoms with van der Waals surface area (Å²) in [6.07, 6.45) is 7.65. The smallest absolute Gasteiger partial charge is 0.244 e. The molecule has 2 N–H and O–H groups in total. The maximum absolute atomic E-state index is 13.6. The monoisotopic (exact) mass is 301 g/mol. The molecule has 0 atom stereocenters. The zero-order valence-corrected chi connectivity index (χ0v) is 12.4. The van der Waals surface area contributed by atoms with Gasteiger partial charge in [0, 0.05) is 18.2 Å². The Morgan fingerprint density at radius 3 is 2.77 bits per heavy atom. The maximum atomic E-state index is 13.6. The third-order valence-electron chi connectivity index (χ3n) is 3.92. The SMILES string of the molecule is Fc1ccccc1CNc1cnnc(NC2CCCCC2)n1. The molecule has 1 aromatic carbocycles. The van der Waals surface area contributed by atoms with Gasteiger partial charge in [0.1, 0.15) is 5.82 Å². The summed E-state index contributed by atoms with van der Waals surface area (Å²) in [5.74, 6) is 0.902. The van der Waals surface area contributed by atoms with Gasteiger partial charge in [-0.2, -0.15) is 10.1 Å². The van der Waals surface area contributed by atoms with E-state index in [-0.39, 0.29) is 5.82 Å². The van der Waals surface area contributed by atoms with Gasteiger partial charge < -0.3 is 10.6 Å². The van der Waals surface area contributed by atoms with Crippen LogP contribution in [0, 0.1) is 5.82 Å². The Morgan fingerprint density at radius 2 is 1.95 bits per heavy atom. The molecule has 22 heavy (non-hydrogen) atoms. The first-order chi connectivity index (χ1) is 10.8. The lowest BCUT2D eigenvalue weighted by Crippen LogP contribution is -2.23. The summed E-state index contributed by atoms with van der Waals surface area (Å²) < 4.78 is 13.6. The summed E-state index contributed by atoms with van der Waals surface area (Å²) >= 11 is 0. The molecule has 0 saturated heterocycles. The van der Waals surface area contributed by atoms with E-state index in [2.05, 4.69) is 25.8 Å². The van der Waals surface area contributed by atoms with Gasteiger partial charge in [0.15, 0.2) is 5.82 Å². The molecule has 1 aliphatic carbocycles. The highest BCUT2D eigenvalue weighted by Gasteiger charge is 2.14. The van der Waals surface area contributed by atoms with Gasteiger partial charge in [-0.1, -0.05) is 37.5 Å². The molecule has 1 heterocycles. The molecule has 0 radical (unpaired) electrons. The van der Waals surface area contributed by atoms with Crippen LogP contribution in [-0.4, -0.2) is 21.2 Å². The van der Waals surface area contributed by atoms with Crippen LogP contribution in [0.4, 0.5) is 16.2 Å². The molecule has 116 valence electrons. The minimum absolute atomic E-state index is 0.224. The molecular formula is C16H20FN5. The van der Waals surface area contributed by atoms with Crippen LogP contribution in [0.2, 0.25) is 0 Å². The van der Waals surface area contributed by atoms with Gasteiger partial charge in [-0.15, -0.1) is 5.10 Å². The molecule has 0 amide bonds. The van der Waals surface area contributed by atoms with E-state index in [4.69, 9.17) is 0 Å². The number of nitrogens with zero attached hydrogens (tertiary/aromatic N) is 3. The molecule has 1 aromatic heterocycles. The van der Waals surface area contributed by atoms with Crippen LogP contribution in [0.3, 0.4) is 0 Å². The molecule has 0 unspecified atom stereocenters. The molecule has 6 heteroatoms. The molecule has 0 spiro atoms. The first-order valence-corrected chi connectivity index (χ1v) is 7.75. The zero-order valence-electron chi connectivity index (χ0n) is 12.4. The Kier molecular flexibility index (Phi) is 4.78. The largest absolute Gasteiger partial charge is 0.364 e. The van der Waals surface area contributed by atoms with Crippen molar-refractivity contribution in [3.63, 3.8) is 0 Å². The summed E-state index contributed by atoms with van der Waals surface area (Å²) in [6.45, 7) is 0.369. The molecule has 1 aliphatic rings. The van der Waals surface area contributed by atoms with E-state index in [1.165, 1.54) is 25.3 Å². The highest BCUT2D eigenvalue weighted by Crippen LogP contribution is 2.20. The minimum atomic E-state index is -0.224. The normalized spacial score (nSPS) is 15.5. The van der Waals surface area contributed by atoms with E-state index in [1.807, 2.05) is 6.07 Å². The molecule has 3 rings (SSSR count). The van der Waals surface area contributed by atoms with Crippen molar-refractivity contribution in [2.75, 3.05) is 10.6 Å². The van der Waals surface area contributed by atoms with Crippen molar-refractivity contribution in [1.82, 2.24) is 15.2 Å². The Balaban J connectivity index is 1.60. The quantitative estimate of drug-likeness (QED) is 0.886. The van der Waals surface area contributed by atoms with Crippen LogP contribution in [0.25, 0.3) is 0 Å². The topological polar surface area (TPSA) is 62.7 Å². The van der Waals surface area contributed by atoms with Crippen molar-refractivity contribution >= 4 is 11.8 Å². The van der Waals surface area contributed by atoms with Crippen molar-refractivity contribution in [3.05, 3.63) is 41.8 Å². The van der Waals surface area contributed by atoms with Crippen LogP contribution in [0.15, 0.2) is 30.5 Å². The zero-order chi connectivity index (χ0) is 15.2. The predicted molar refractivity (Wildman–Crippen MR) is 84.0 cm³/mol. The van der Waals surface area contributed by atoms with Gasteiger partial charge in [0.25, 0.3) is 0 Å². The van der Waals surface area contributed by atoms with Crippen LogP contribution in [0.1, 0.15) is 37.7 Å². The summed E-state index contributed by atoms with van der Waals surface area (Å²) in [5, 5.41) is 14.4. The van der Waals surface area contributed by atoms with Gasteiger partial charge in [0.05, 0.1) is 6.20 Å². The summed E-state index contributed by atoms with van der Waals surface area (Å²) in [7, 11) is 0. The van der Waals surface area contributed by atoms with Crippen molar-refractivity contribution in [2.45, 2.75) is 44.7 Å². The number of aromatic nitrogens is 3. The molecular weight excluding hydrogens is 281 g/mol. The van der Waals surface area contributed by atoms with Gasteiger partial charge in [0.2, 0.25) is 5.95 Å². The van der Waals surface area contributed by atoms with Crippen LogP contribution in [0.5, 0.6) is 0 Å². The maximum Gasteiger partial charge on any atom is 0.244 e. The number of anilines is 2. The van der Waals surface area contributed by atoms with Crippen molar-refractivity contribution in [3.8, 4) is 0 Å². The molecule has 1 saturated carbocycles. The summed E-state index contributed by atoms with van der Waals surface area (Å²) in [6, 6.07) is 7.12. The van der Waals surface area contributed by atoms with Gasteiger partial charge >= 0.3 is 0 Å². The van der Waals surface area contributed by atoms with E-state index < -0.39 is 0 Å². The van der Waals surface area contributed by atoms with Crippen molar-refractivity contribution in [2.24, 2.45) is 0 Å². The van der Waals surface area contributed by atoms with E-state index in [0.717, 1.165) is 12.8 Å². The lowest BCUT2D eigenvalue weighted by atomic mass is 9.96. The fourth-order valence-corrected chi connectivity index (χ4v) is 2.71. The molecule has 2 aromatic rings. The van der Waals surface area contributed by atoms with E-state index in [0.29, 0.717) is 29.9 Å². The molecule has 0 bridgehead atoms. The van der Waals surface area contributed by atoms with Gasteiger partial charge in [-0.3, -0.25) is 0 Å². The van der Waals surface area contributed by atoms with Crippen LogP contribution in [-0.2, 0) is 6.54 Å². The van der Waals surface area contributed by atoms with Gasteiger partial charge in [-0.25, -0.2) is 4.39 Å². The molecule has 5 nitrogen and oxygen atoms in total. The summed E-state index contributed by atoms with van der Waals surface area (Å²) in [4.78, 5) is 4.39. The second-order valence-electron chi connectivity index (χ2n) is 5.59. The van der Waals surface area contributed by atoms with E-state index in [1.54, 1.807) is 18.3 Å². The Bertz CT molecular complexity index is 613. The average Bonchev–Trinajstić information content (AvgIpc) is 2.55. The standard InChI is InChI=1S/C16H20FN5/c17-14-9-5-4-6-12(14)10-18-15-11-19-22-16(21-15)20-13-7-2-1-3-8-13/h4-6,9,11,13H,1-3,7-8,10H2,(H2,18,20,21,22). The number of rotatable bonds is 5. The van der Waals surface area contributed by atoms with Crippen molar-refractivity contribution in [1.29, 1.82) is 0 Å². The summed E-state index contributed by atoms with van der Waals surface area (Å²) in [5.41, 5.74) is 0.600. The Hall–Kier alpha value is -2.24. The fraction of sp³-hybridized carbons (Fsp3) is 0.438. The van der Waals surface area contributed by atoms with Crippen molar-refractivity contribution < 1.29 is 4.39 Å². The Morgan fingerprint density at radius 1 is 1.14 bits per heavy atom. The molecule has 0 aliphatic heterocycles. The number of nitrogens with one attached hydrogen (secondary N) is 2. The Labute approximate surface area is 129 Å². The lowest BCUT2D eigenvalue weighted by Gasteiger charge is -2.22. The van der Waals surface area contributed by atoms with E-state index in [9.17, 15) is 4.39 Å². The highest BCUT2D eigenvalue weighted by atomic mass is 19.1. The highest BCUT2D eigenvalue weighted by molar-refractivity contribution is 5.38. The second-order valence-corrected chi connectivity index (χ2v) is 5.59. The number of hydrogen-bond donors (Lipinski definition) is 2.